The van der Waals surface area contributed by atoms with Crippen LogP contribution in [0.5, 0.6) is 0 Å². The molecule has 120 valence electrons. The van der Waals surface area contributed by atoms with Gasteiger partial charge in [0.2, 0.25) is 4.80 Å². The highest BCUT2D eigenvalue weighted by Crippen LogP contribution is 2.27. The number of halogens is 2. The summed E-state index contributed by atoms with van der Waals surface area (Å²) in [5.41, 5.74) is 0.703. The molecule has 9 heteroatoms. The molecule has 0 N–H and O–H groups in total. The second-order valence-electron chi connectivity index (χ2n) is 4.52. The summed E-state index contributed by atoms with van der Waals surface area (Å²) in [6.07, 6.45) is 1.63. The molecule has 0 bridgehead atoms. The number of rotatable bonds is 4. The molecular formula is C14H10ClFN2O2S3. The molecule has 0 saturated heterocycles. The Morgan fingerprint density at radius 2 is 2.09 bits per heavy atom. The summed E-state index contributed by atoms with van der Waals surface area (Å²) in [7, 11) is -3.87. The second-order valence-corrected chi connectivity index (χ2v) is 9.08. The van der Waals surface area contributed by atoms with Crippen molar-refractivity contribution in [2.45, 2.75) is 10.8 Å². The molecule has 0 saturated carbocycles. The Morgan fingerprint density at radius 1 is 1.30 bits per heavy atom. The lowest BCUT2D eigenvalue weighted by Crippen LogP contribution is -2.16. The molecule has 0 spiro atoms. The molecule has 0 aliphatic rings. The van der Waals surface area contributed by atoms with E-state index in [1.54, 1.807) is 16.7 Å². The van der Waals surface area contributed by atoms with Crippen LogP contribution in [0.25, 0.3) is 10.2 Å². The minimum atomic E-state index is -3.87. The van der Waals surface area contributed by atoms with E-state index in [1.165, 1.54) is 24.3 Å². The predicted molar refractivity (Wildman–Crippen MR) is 92.0 cm³/mol. The number of allylic oxidation sites excluding steroid dienone is 1. The first kappa shape index (κ1) is 16.4. The van der Waals surface area contributed by atoms with Crippen molar-refractivity contribution in [1.82, 2.24) is 4.57 Å². The van der Waals surface area contributed by atoms with Gasteiger partial charge in [0.1, 0.15) is 10.0 Å². The number of hydrogen-bond acceptors (Lipinski definition) is 4. The number of fused-ring (bicyclic) bond motifs is 1. The van der Waals surface area contributed by atoms with Crippen LogP contribution in [0.2, 0.25) is 4.34 Å². The van der Waals surface area contributed by atoms with Crippen molar-refractivity contribution in [2.75, 3.05) is 0 Å². The van der Waals surface area contributed by atoms with Gasteiger partial charge in [-0.3, -0.25) is 0 Å². The molecular weight excluding hydrogens is 379 g/mol. The molecule has 0 fully saturated rings. The molecule has 0 atom stereocenters. The van der Waals surface area contributed by atoms with Crippen LogP contribution in [0.4, 0.5) is 4.39 Å². The van der Waals surface area contributed by atoms with E-state index in [4.69, 9.17) is 11.6 Å². The van der Waals surface area contributed by atoms with Crippen LogP contribution in [0, 0.1) is 5.82 Å². The summed E-state index contributed by atoms with van der Waals surface area (Å²) in [6.45, 7) is 4.03. The lowest BCUT2D eigenvalue weighted by Gasteiger charge is -2.00. The van der Waals surface area contributed by atoms with E-state index in [1.807, 2.05) is 0 Å². The lowest BCUT2D eigenvalue weighted by molar-refractivity contribution is 0.598. The van der Waals surface area contributed by atoms with E-state index >= 15 is 0 Å². The highest BCUT2D eigenvalue weighted by Gasteiger charge is 2.17. The minimum absolute atomic E-state index is 0.0660. The Hall–Kier alpha value is -1.48. The van der Waals surface area contributed by atoms with E-state index in [0.717, 1.165) is 22.7 Å². The van der Waals surface area contributed by atoms with Crippen LogP contribution < -0.4 is 4.80 Å². The van der Waals surface area contributed by atoms with Gasteiger partial charge in [0.05, 0.1) is 14.6 Å². The van der Waals surface area contributed by atoms with Crippen LogP contribution in [0.15, 0.2) is 51.6 Å². The molecule has 0 radical (unpaired) electrons. The third-order valence-corrected chi connectivity index (χ3v) is 7.08. The van der Waals surface area contributed by atoms with Crippen molar-refractivity contribution >= 4 is 54.5 Å². The summed E-state index contributed by atoms with van der Waals surface area (Å²) in [6, 6.07) is 7.20. The molecule has 1 aromatic carbocycles. The Kier molecular flexibility index (Phi) is 4.41. The average molecular weight is 389 g/mol. The maximum absolute atomic E-state index is 13.4. The third kappa shape index (κ3) is 3.25. The summed E-state index contributed by atoms with van der Waals surface area (Å²) in [5, 5.41) is 0. The van der Waals surface area contributed by atoms with Gasteiger partial charge in [-0.2, -0.15) is 8.42 Å². The van der Waals surface area contributed by atoms with Crippen molar-refractivity contribution in [3.63, 3.8) is 0 Å². The molecule has 23 heavy (non-hydrogen) atoms. The molecule has 2 aromatic heterocycles. The molecule has 3 rings (SSSR count). The Bertz CT molecular complexity index is 1060. The van der Waals surface area contributed by atoms with Gasteiger partial charge in [0, 0.05) is 6.54 Å². The number of sulfonamides is 1. The third-order valence-electron chi connectivity index (χ3n) is 2.96. The molecule has 2 heterocycles. The van der Waals surface area contributed by atoms with Gasteiger partial charge < -0.3 is 4.57 Å². The summed E-state index contributed by atoms with van der Waals surface area (Å²) >= 11 is 7.84. The molecule has 3 aromatic rings. The van der Waals surface area contributed by atoms with E-state index in [9.17, 15) is 12.8 Å². The molecule has 0 aliphatic heterocycles. The van der Waals surface area contributed by atoms with Crippen molar-refractivity contribution in [1.29, 1.82) is 0 Å². The Morgan fingerprint density at radius 3 is 2.74 bits per heavy atom. The monoisotopic (exact) mass is 388 g/mol. The van der Waals surface area contributed by atoms with Crippen LogP contribution in [-0.4, -0.2) is 13.0 Å². The Labute approximate surface area is 144 Å². The highest BCUT2D eigenvalue weighted by atomic mass is 35.5. The lowest BCUT2D eigenvalue weighted by atomic mass is 10.3. The normalized spacial score (nSPS) is 12.9. The molecule has 0 aliphatic carbocycles. The maximum Gasteiger partial charge on any atom is 0.294 e. The van der Waals surface area contributed by atoms with Crippen LogP contribution >= 0.6 is 34.3 Å². The number of benzene rings is 1. The van der Waals surface area contributed by atoms with Gasteiger partial charge in [-0.25, -0.2) is 4.39 Å². The van der Waals surface area contributed by atoms with E-state index in [0.29, 0.717) is 21.1 Å². The van der Waals surface area contributed by atoms with Gasteiger partial charge in [-0.15, -0.1) is 22.3 Å². The molecule has 0 amide bonds. The fourth-order valence-electron chi connectivity index (χ4n) is 2.01. The van der Waals surface area contributed by atoms with Gasteiger partial charge >= 0.3 is 0 Å². The standard InChI is InChI=1S/C14H10ClFN2O2S3/c1-2-7-18-10-4-3-9(16)8-11(10)21-14(18)17-23(19,20)13-6-5-12(15)22-13/h2-6,8H,1,7H2/b17-14-. The quantitative estimate of drug-likeness (QED) is 0.633. The number of hydrogen-bond donors (Lipinski definition) is 0. The molecule has 0 unspecified atom stereocenters. The van der Waals surface area contributed by atoms with Crippen LogP contribution in [0.1, 0.15) is 0 Å². The van der Waals surface area contributed by atoms with E-state index in [-0.39, 0.29) is 14.8 Å². The summed E-state index contributed by atoms with van der Waals surface area (Å²) in [5.74, 6) is -0.385. The molecule has 4 nitrogen and oxygen atoms in total. The van der Waals surface area contributed by atoms with Crippen molar-refractivity contribution < 1.29 is 12.8 Å². The van der Waals surface area contributed by atoms with Gasteiger partial charge in [0.25, 0.3) is 10.0 Å². The number of aromatic nitrogens is 1. The highest BCUT2D eigenvalue weighted by molar-refractivity contribution is 7.92. The van der Waals surface area contributed by atoms with Gasteiger partial charge in [-0.1, -0.05) is 29.0 Å². The Balaban J connectivity index is 2.26. The smallest absolute Gasteiger partial charge is 0.294 e. The van der Waals surface area contributed by atoms with Crippen LogP contribution in [-0.2, 0) is 16.6 Å². The zero-order valence-electron chi connectivity index (χ0n) is 11.6. The number of thiophene rings is 1. The largest absolute Gasteiger partial charge is 0.312 e. The predicted octanol–water partition coefficient (Wildman–Crippen LogP) is 4.03. The number of nitrogens with zero attached hydrogens (tertiary/aromatic N) is 2. The zero-order valence-corrected chi connectivity index (χ0v) is 14.8. The van der Waals surface area contributed by atoms with Gasteiger partial charge in [-0.05, 0) is 30.3 Å². The van der Waals surface area contributed by atoms with E-state index < -0.39 is 10.0 Å². The second kappa shape index (κ2) is 6.20. The van der Waals surface area contributed by atoms with Gasteiger partial charge in [0.15, 0.2) is 0 Å². The fraction of sp³-hybridized carbons (Fsp3) is 0.0714. The first-order valence-electron chi connectivity index (χ1n) is 6.37. The zero-order chi connectivity index (χ0) is 16.6. The fourth-order valence-corrected chi connectivity index (χ4v) is 5.73. The summed E-state index contributed by atoms with van der Waals surface area (Å²) in [4.78, 5) is 0.259. The first-order valence-corrected chi connectivity index (χ1v) is 9.82. The summed E-state index contributed by atoms with van der Waals surface area (Å²) < 4.78 is 44.8. The van der Waals surface area contributed by atoms with E-state index in [2.05, 4.69) is 11.0 Å². The SMILES string of the molecule is C=CCn1/c(=N/S(=O)(=O)c2ccc(Cl)s2)sc2cc(F)ccc21. The first-order chi connectivity index (χ1) is 10.9. The van der Waals surface area contributed by atoms with Crippen LogP contribution in [0.3, 0.4) is 0 Å². The van der Waals surface area contributed by atoms with Crippen molar-refractivity contribution in [2.24, 2.45) is 4.40 Å². The maximum atomic E-state index is 13.4. The average Bonchev–Trinajstić information content (AvgIpc) is 3.04. The minimum Gasteiger partial charge on any atom is -0.312 e. The van der Waals surface area contributed by atoms with Crippen molar-refractivity contribution in [3.05, 3.63) is 57.9 Å². The topological polar surface area (TPSA) is 51.4 Å². The van der Waals surface area contributed by atoms with Crippen molar-refractivity contribution in [3.8, 4) is 0 Å². The number of thiazole rings is 1.